The summed E-state index contributed by atoms with van der Waals surface area (Å²) in [4.78, 5) is 11.3. The summed E-state index contributed by atoms with van der Waals surface area (Å²) in [6.07, 6.45) is 2.21. The Morgan fingerprint density at radius 2 is 2.12 bits per heavy atom. The van der Waals surface area contributed by atoms with Crippen LogP contribution in [-0.4, -0.2) is 43.3 Å². The smallest absolute Gasteiger partial charge is 0.241 e. The second-order valence-corrected chi connectivity index (χ2v) is 6.81. The van der Waals surface area contributed by atoms with Crippen molar-refractivity contribution in [3.05, 3.63) is 46.8 Å². The minimum Gasteiger partial charge on any atom is -0.338 e. The molecule has 0 amide bonds. The van der Waals surface area contributed by atoms with E-state index in [1.165, 1.54) is 0 Å². The highest BCUT2D eigenvalue weighted by Crippen LogP contribution is 2.26. The molecule has 3 heterocycles. The number of benzene rings is 1. The molecule has 0 unspecified atom stereocenters. The number of piperidine rings is 1. The molecular weight excluding hydrogens is 340 g/mol. The van der Waals surface area contributed by atoms with Crippen LogP contribution in [0.3, 0.4) is 0 Å². The van der Waals surface area contributed by atoms with Crippen LogP contribution in [0.25, 0.3) is 11.4 Å². The fourth-order valence-corrected chi connectivity index (χ4v) is 3.31. The second kappa shape index (κ2) is 6.93. The van der Waals surface area contributed by atoms with E-state index in [1.807, 2.05) is 31.2 Å². The first kappa shape index (κ1) is 16.2. The first-order chi connectivity index (χ1) is 12.2. The Bertz CT molecular complexity index is 843. The predicted octanol–water partition coefficient (Wildman–Crippen LogP) is 3.20. The zero-order chi connectivity index (χ0) is 17.2. The highest BCUT2D eigenvalue weighted by Gasteiger charge is 2.25. The molecule has 4 rings (SSSR count). The van der Waals surface area contributed by atoms with Crippen LogP contribution in [0.2, 0.25) is 5.02 Å². The zero-order valence-electron chi connectivity index (χ0n) is 13.9. The molecule has 7 nitrogen and oxygen atoms in total. The lowest BCUT2D eigenvalue weighted by Gasteiger charge is -2.30. The minimum atomic E-state index is 0.345. The van der Waals surface area contributed by atoms with E-state index in [0.29, 0.717) is 29.2 Å². The van der Waals surface area contributed by atoms with Crippen LogP contribution in [-0.2, 0) is 6.54 Å². The van der Waals surface area contributed by atoms with E-state index in [4.69, 9.17) is 16.1 Å². The third-order valence-electron chi connectivity index (χ3n) is 4.41. The van der Waals surface area contributed by atoms with E-state index in [2.05, 4.69) is 30.2 Å². The summed E-state index contributed by atoms with van der Waals surface area (Å²) in [5.74, 6) is 3.31. The average molecular weight is 359 g/mol. The molecule has 0 spiro atoms. The predicted molar refractivity (Wildman–Crippen MR) is 93.1 cm³/mol. The van der Waals surface area contributed by atoms with Gasteiger partial charge in [0.05, 0.1) is 6.54 Å². The molecule has 1 aliphatic heterocycles. The monoisotopic (exact) mass is 358 g/mol. The number of rotatable bonds is 4. The van der Waals surface area contributed by atoms with Gasteiger partial charge >= 0.3 is 0 Å². The van der Waals surface area contributed by atoms with E-state index in [0.717, 1.165) is 43.1 Å². The third kappa shape index (κ3) is 3.72. The maximum Gasteiger partial charge on any atom is 0.241 e. The molecule has 2 aromatic heterocycles. The Kier molecular flexibility index (Phi) is 4.50. The molecule has 1 aromatic carbocycles. The van der Waals surface area contributed by atoms with Crippen LogP contribution in [0.4, 0.5) is 0 Å². The summed E-state index contributed by atoms with van der Waals surface area (Å²) in [5, 5.41) is 12.0. The highest BCUT2D eigenvalue weighted by atomic mass is 35.5. The summed E-state index contributed by atoms with van der Waals surface area (Å²) >= 11 is 5.92. The second-order valence-electron chi connectivity index (χ2n) is 6.37. The SMILES string of the molecule is Cc1nc([C@@H]2CCCN(Cc3nc(-c4ccc(Cl)cc4)no3)C2)n[nH]1. The van der Waals surface area contributed by atoms with Crippen LogP contribution in [0.1, 0.15) is 36.3 Å². The van der Waals surface area contributed by atoms with Gasteiger partial charge in [-0.25, -0.2) is 4.98 Å². The van der Waals surface area contributed by atoms with E-state index in [-0.39, 0.29) is 0 Å². The number of likely N-dealkylation sites (tertiary alicyclic amines) is 1. The van der Waals surface area contributed by atoms with Crippen LogP contribution in [0, 0.1) is 6.92 Å². The molecule has 1 fully saturated rings. The van der Waals surface area contributed by atoms with Crippen molar-refractivity contribution in [1.82, 2.24) is 30.2 Å². The highest BCUT2D eigenvalue weighted by molar-refractivity contribution is 6.30. The average Bonchev–Trinajstić information content (AvgIpc) is 3.25. The van der Waals surface area contributed by atoms with E-state index < -0.39 is 0 Å². The summed E-state index contributed by atoms with van der Waals surface area (Å²) in [7, 11) is 0. The summed E-state index contributed by atoms with van der Waals surface area (Å²) < 4.78 is 5.42. The number of nitrogens with one attached hydrogen (secondary N) is 1. The largest absolute Gasteiger partial charge is 0.338 e. The Morgan fingerprint density at radius 3 is 2.88 bits per heavy atom. The van der Waals surface area contributed by atoms with Crippen molar-refractivity contribution in [2.24, 2.45) is 0 Å². The molecule has 25 heavy (non-hydrogen) atoms. The van der Waals surface area contributed by atoms with Crippen molar-refractivity contribution in [3.8, 4) is 11.4 Å². The Labute approximate surface area is 150 Å². The number of H-pyrrole nitrogens is 1. The number of hydrogen-bond donors (Lipinski definition) is 1. The maximum atomic E-state index is 5.92. The lowest BCUT2D eigenvalue weighted by Crippen LogP contribution is -2.34. The van der Waals surface area contributed by atoms with Gasteiger partial charge in [-0.05, 0) is 50.6 Å². The number of aromatic nitrogens is 5. The molecule has 1 saturated heterocycles. The first-order valence-corrected chi connectivity index (χ1v) is 8.75. The molecular formula is C17H19ClN6O. The van der Waals surface area contributed by atoms with Crippen molar-refractivity contribution >= 4 is 11.6 Å². The molecule has 1 atom stereocenters. The maximum absolute atomic E-state index is 5.92. The number of halogens is 1. The normalized spacial score (nSPS) is 18.6. The van der Waals surface area contributed by atoms with E-state index in [9.17, 15) is 0 Å². The Balaban J connectivity index is 1.42. The van der Waals surface area contributed by atoms with Gasteiger partial charge in [0.1, 0.15) is 5.82 Å². The lowest BCUT2D eigenvalue weighted by molar-refractivity contribution is 0.174. The van der Waals surface area contributed by atoms with Crippen molar-refractivity contribution in [1.29, 1.82) is 0 Å². The lowest BCUT2D eigenvalue weighted by atomic mass is 9.97. The van der Waals surface area contributed by atoms with Gasteiger partial charge in [0, 0.05) is 23.0 Å². The summed E-state index contributed by atoms with van der Waals surface area (Å²) in [6.45, 7) is 4.48. The van der Waals surface area contributed by atoms with Gasteiger partial charge in [-0.15, -0.1) is 0 Å². The summed E-state index contributed by atoms with van der Waals surface area (Å²) in [6, 6.07) is 7.42. The number of aromatic amines is 1. The molecule has 1 aliphatic rings. The Hall–Kier alpha value is -2.25. The molecule has 3 aromatic rings. The van der Waals surface area contributed by atoms with Gasteiger partial charge in [-0.3, -0.25) is 10.00 Å². The van der Waals surface area contributed by atoms with Crippen molar-refractivity contribution < 1.29 is 4.52 Å². The summed E-state index contributed by atoms with van der Waals surface area (Å²) in [5.41, 5.74) is 0.895. The van der Waals surface area contributed by atoms with Gasteiger partial charge in [0.15, 0.2) is 5.82 Å². The molecule has 1 N–H and O–H groups in total. The number of aryl methyl sites for hydroxylation is 1. The van der Waals surface area contributed by atoms with Gasteiger partial charge in [-0.1, -0.05) is 16.8 Å². The van der Waals surface area contributed by atoms with Gasteiger partial charge < -0.3 is 4.52 Å². The molecule has 8 heteroatoms. The molecule has 0 aliphatic carbocycles. The third-order valence-corrected chi connectivity index (χ3v) is 4.67. The zero-order valence-corrected chi connectivity index (χ0v) is 14.7. The standard InChI is InChI=1S/C17H19ClN6O/c1-11-19-16(22-21-11)13-3-2-8-24(9-13)10-15-20-17(23-25-15)12-4-6-14(18)7-5-12/h4-7,13H,2-3,8-10H2,1H3,(H,19,21,22)/t13-/m1/s1. The number of hydrogen-bond acceptors (Lipinski definition) is 6. The van der Waals surface area contributed by atoms with Gasteiger partial charge in [-0.2, -0.15) is 10.1 Å². The fourth-order valence-electron chi connectivity index (χ4n) is 3.18. The Morgan fingerprint density at radius 1 is 1.28 bits per heavy atom. The van der Waals surface area contributed by atoms with Crippen LogP contribution < -0.4 is 0 Å². The van der Waals surface area contributed by atoms with E-state index in [1.54, 1.807) is 0 Å². The fraction of sp³-hybridized carbons (Fsp3) is 0.412. The topological polar surface area (TPSA) is 83.7 Å². The molecule has 0 radical (unpaired) electrons. The van der Waals surface area contributed by atoms with Crippen molar-refractivity contribution in [2.75, 3.05) is 13.1 Å². The number of nitrogens with zero attached hydrogens (tertiary/aromatic N) is 5. The van der Waals surface area contributed by atoms with Crippen molar-refractivity contribution in [3.63, 3.8) is 0 Å². The first-order valence-electron chi connectivity index (χ1n) is 8.37. The van der Waals surface area contributed by atoms with Crippen molar-refractivity contribution in [2.45, 2.75) is 32.2 Å². The quantitative estimate of drug-likeness (QED) is 0.771. The van der Waals surface area contributed by atoms with Crippen LogP contribution >= 0.6 is 11.6 Å². The molecule has 130 valence electrons. The van der Waals surface area contributed by atoms with Crippen LogP contribution in [0.5, 0.6) is 0 Å². The molecule has 0 bridgehead atoms. The van der Waals surface area contributed by atoms with E-state index >= 15 is 0 Å². The minimum absolute atomic E-state index is 0.345. The van der Waals surface area contributed by atoms with Crippen LogP contribution in [0.15, 0.2) is 28.8 Å². The molecule has 0 saturated carbocycles. The van der Waals surface area contributed by atoms with Gasteiger partial charge in [0.2, 0.25) is 11.7 Å². The van der Waals surface area contributed by atoms with Gasteiger partial charge in [0.25, 0.3) is 0 Å².